The molecule has 0 aromatic carbocycles. The van der Waals surface area contributed by atoms with E-state index in [1.54, 1.807) is 0 Å². The van der Waals surface area contributed by atoms with E-state index in [0.717, 1.165) is 6.04 Å². The number of nitrogens with zero attached hydrogens (tertiary/aromatic N) is 2. The van der Waals surface area contributed by atoms with Crippen LogP contribution in [-0.4, -0.2) is 61.7 Å². The summed E-state index contributed by atoms with van der Waals surface area (Å²) in [6.07, 6.45) is 4.06. The van der Waals surface area contributed by atoms with Crippen molar-refractivity contribution in [1.82, 2.24) is 15.1 Å². The zero-order valence-corrected chi connectivity index (χ0v) is 12.7. The number of nitrogens with one attached hydrogen (secondary N) is 1. The first-order chi connectivity index (χ1) is 8.52. The van der Waals surface area contributed by atoms with Crippen molar-refractivity contribution in [3.05, 3.63) is 0 Å². The van der Waals surface area contributed by atoms with Gasteiger partial charge in [0.05, 0.1) is 0 Å². The fourth-order valence-electron chi connectivity index (χ4n) is 2.87. The van der Waals surface area contributed by atoms with E-state index in [4.69, 9.17) is 0 Å². The van der Waals surface area contributed by atoms with Gasteiger partial charge >= 0.3 is 0 Å². The predicted octanol–water partition coefficient (Wildman–Crippen LogP) is 1.79. The van der Waals surface area contributed by atoms with Crippen molar-refractivity contribution in [2.45, 2.75) is 52.1 Å². The lowest BCUT2D eigenvalue weighted by Crippen LogP contribution is -2.54. The van der Waals surface area contributed by atoms with Gasteiger partial charge in [-0.15, -0.1) is 0 Å². The summed E-state index contributed by atoms with van der Waals surface area (Å²) < 4.78 is 0. The first-order valence-corrected chi connectivity index (χ1v) is 7.68. The minimum absolute atomic E-state index is 0.437. The van der Waals surface area contributed by atoms with Crippen LogP contribution in [0.2, 0.25) is 0 Å². The molecule has 0 aromatic heterocycles. The largest absolute Gasteiger partial charge is 0.313 e. The van der Waals surface area contributed by atoms with E-state index in [1.807, 2.05) is 0 Å². The average molecular weight is 253 g/mol. The Hall–Kier alpha value is -0.120. The average Bonchev–Trinajstić information content (AvgIpc) is 3.14. The maximum absolute atomic E-state index is 3.72. The summed E-state index contributed by atoms with van der Waals surface area (Å²) >= 11 is 0. The molecule has 1 N–H and O–H groups in total. The normalized spacial score (nSPS) is 30.3. The molecular formula is C15H31N3. The van der Waals surface area contributed by atoms with Gasteiger partial charge in [-0.25, -0.2) is 0 Å². The standard InChI is InChI=1S/C15H31N3/c1-5-15(3,11-16-14-6-7-14)12-18-9-8-17(4)10-13(18)2/h13-14,16H,5-12H2,1-4H3. The molecular weight excluding hydrogens is 222 g/mol. The van der Waals surface area contributed by atoms with Crippen molar-refractivity contribution in [1.29, 1.82) is 0 Å². The molecule has 1 aliphatic heterocycles. The fraction of sp³-hybridized carbons (Fsp3) is 1.00. The first-order valence-electron chi connectivity index (χ1n) is 7.68. The van der Waals surface area contributed by atoms with E-state index < -0.39 is 0 Å². The quantitative estimate of drug-likeness (QED) is 0.778. The molecule has 2 atom stereocenters. The summed E-state index contributed by atoms with van der Waals surface area (Å²) in [6.45, 7) is 13.3. The Labute approximate surface area is 113 Å². The summed E-state index contributed by atoms with van der Waals surface area (Å²) in [5.74, 6) is 0. The summed E-state index contributed by atoms with van der Waals surface area (Å²) in [4.78, 5) is 5.14. The zero-order chi connectivity index (χ0) is 13.2. The van der Waals surface area contributed by atoms with E-state index in [-0.39, 0.29) is 0 Å². The second kappa shape index (κ2) is 5.89. The molecule has 0 spiro atoms. The van der Waals surface area contributed by atoms with Gasteiger partial charge in [-0.2, -0.15) is 0 Å². The van der Waals surface area contributed by atoms with Crippen LogP contribution in [0.4, 0.5) is 0 Å². The fourth-order valence-corrected chi connectivity index (χ4v) is 2.87. The Morgan fingerprint density at radius 2 is 2.00 bits per heavy atom. The van der Waals surface area contributed by atoms with Gasteiger partial charge in [0.15, 0.2) is 0 Å². The third kappa shape index (κ3) is 3.94. The Bertz CT molecular complexity index is 264. The number of likely N-dealkylation sites (N-methyl/N-ethyl adjacent to an activating group) is 1. The lowest BCUT2D eigenvalue weighted by molar-refractivity contribution is 0.0578. The molecule has 3 nitrogen and oxygen atoms in total. The van der Waals surface area contributed by atoms with Crippen LogP contribution in [0.3, 0.4) is 0 Å². The van der Waals surface area contributed by atoms with Gasteiger partial charge < -0.3 is 10.2 Å². The molecule has 1 heterocycles. The Morgan fingerprint density at radius 3 is 2.56 bits per heavy atom. The molecule has 1 saturated heterocycles. The summed E-state index contributed by atoms with van der Waals surface area (Å²) in [7, 11) is 2.24. The van der Waals surface area contributed by atoms with Gasteiger partial charge in [-0.05, 0) is 38.6 Å². The third-order valence-corrected chi connectivity index (χ3v) is 4.80. The molecule has 1 saturated carbocycles. The van der Waals surface area contributed by atoms with Gasteiger partial charge in [-0.3, -0.25) is 4.90 Å². The second-order valence-corrected chi connectivity index (χ2v) is 6.90. The Kier molecular flexibility index (Phi) is 4.68. The molecule has 1 aliphatic carbocycles. The van der Waals surface area contributed by atoms with Crippen molar-refractivity contribution in [3.8, 4) is 0 Å². The highest BCUT2D eigenvalue weighted by atomic mass is 15.3. The smallest absolute Gasteiger partial charge is 0.0195 e. The molecule has 2 rings (SSSR count). The molecule has 2 aliphatic rings. The molecule has 3 heteroatoms. The predicted molar refractivity (Wildman–Crippen MR) is 78.0 cm³/mol. The van der Waals surface area contributed by atoms with E-state index in [2.05, 4.69) is 42.9 Å². The summed E-state index contributed by atoms with van der Waals surface area (Å²) in [5, 5.41) is 3.72. The minimum atomic E-state index is 0.437. The van der Waals surface area contributed by atoms with Crippen molar-refractivity contribution in [2.24, 2.45) is 5.41 Å². The topological polar surface area (TPSA) is 18.5 Å². The van der Waals surface area contributed by atoms with E-state index in [0.29, 0.717) is 11.5 Å². The van der Waals surface area contributed by atoms with Crippen molar-refractivity contribution < 1.29 is 0 Å². The molecule has 2 unspecified atom stereocenters. The highest BCUT2D eigenvalue weighted by Crippen LogP contribution is 2.26. The van der Waals surface area contributed by atoms with Gasteiger partial charge in [0.2, 0.25) is 0 Å². The van der Waals surface area contributed by atoms with Crippen LogP contribution >= 0.6 is 0 Å². The van der Waals surface area contributed by atoms with Crippen molar-refractivity contribution in [2.75, 3.05) is 39.8 Å². The second-order valence-electron chi connectivity index (χ2n) is 6.90. The molecule has 2 fully saturated rings. The molecule has 106 valence electrons. The maximum Gasteiger partial charge on any atom is 0.0195 e. The van der Waals surface area contributed by atoms with Crippen molar-refractivity contribution in [3.63, 3.8) is 0 Å². The summed E-state index contributed by atoms with van der Waals surface area (Å²) in [5.41, 5.74) is 0.437. The van der Waals surface area contributed by atoms with Crippen LogP contribution < -0.4 is 5.32 Å². The van der Waals surface area contributed by atoms with Crippen LogP contribution in [-0.2, 0) is 0 Å². The zero-order valence-electron chi connectivity index (χ0n) is 12.7. The van der Waals surface area contributed by atoms with Crippen LogP contribution in [0.15, 0.2) is 0 Å². The van der Waals surface area contributed by atoms with Gasteiger partial charge in [0.1, 0.15) is 0 Å². The van der Waals surface area contributed by atoms with Gasteiger partial charge in [-0.1, -0.05) is 13.8 Å². The van der Waals surface area contributed by atoms with E-state index >= 15 is 0 Å². The molecule has 0 bridgehead atoms. The van der Waals surface area contributed by atoms with Crippen LogP contribution in [0, 0.1) is 5.41 Å². The lowest BCUT2D eigenvalue weighted by Gasteiger charge is -2.43. The molecule has 0 amide bonds. The monoisotopic (exact) mass is 253 g/mol. The Balaban J connectivity index is 1.83. The van der Waals surface area contributed by atoms with Gasteiger partial charge in [0.25, 0.3) is 0 Å². The molecule has 0 aromatic rings. The maximum atomic E-state index is 3.72. The van der Waals surface area contributed by atoms with Crippen LogP contribution in [0.5, 0.6) is 0 Å². The van der Waals surface area contributed by atoms with E-state index in [9.17, 15) is 0 Å². The minimum Gasteiger partial charge on any atom is -0.313 e. The number of piperazine rings is 1. The third-order valence-electron chi connectivity index (χ3n) is 4.80. The highest BCUT2D eigenvalue weighted by molar-refractivity contribution is 4.89. The first kappa shape index (κ1) is 14.3. The number of hydrogen-bond acceptors (Lipinski definition) is 3. The number of hydrogen-bond donors (Lipinski definition) is 1. The van der Waals surface area contributed by atoms with Gasteiger partial charge in [0, 0.05) is 44.8 Å². The molecule has 0 radical (unpaired) electrons. The van der Waals surface area contributed by atoms with Crippen molar-refractivity contribution >= 4 is 0 Å². The number of rotatable bonds is 6. The Morgan fingerprint density at radius 1 is 1.28 bits per heavy atom. The summed E-state index contributed by atoms with van der Waals surface area (Å²) in [6, 6.07) is 1.54. The lowest BCUT2D eigenvalue weighted by atomic mass is 9.86. The van der Waals surface area contributed by atoms with E-state index in [1.165, 1.54) is 52.0 Å². The van der Waals surface area contributed by atoms with Crippen LogP contribution in [0.1, 0.15) is 40.0 Å². The molecule has 18 heavy (non-hydrogen) atoms. The SMILES string of the molecule is CCC(C)(CNC1CC1)CN1CCN(C)CC1C. The highest BCUT2D eigenvalue weighted by Gasteiger charge is 2.31. The van der Waals surface area contributed by atoms with Crippen LogP contribution in [0.25, 0.3) is 0 Å².